The minimum Gasteiger partial charge on any atom is -0.349 e. The van der Waals surface area contributed by atoms with Crippen LogP contribution in [-0.2, 0) is 0 Å². The first-order valence-electron chi connectivity index (χ1n) is 4.26. The average molecular weight is 250 g/mol. The lowest BCUT2D eigenvalue weighted by Crippen LogP contribution is -2.30. The molecule has 0 saturated carbocycles. The maximum Gasteiger partial charge on any atom is 0.270 e. The van der Waals surface area contributed by atoms with Gasteiger partial charge in [0.2, 0.25) is 0 Å². The molecule has 84 valence electrons. The van der Waals surface area contributed by atoms with Gasteiger partial charge in [0.05, 0.1) is 0 Å². The van der Waals surface area contributed by atoms with E-state index in [0.29, 0.717) is 29.4 Å². The number of carbonyl (C=O) groups excluding carboxylic acids is 1. The third-order valence-electron chi connectivity index (χ3n) is 1.78. The average Bonchev–Trinajstić information content (AvgIpc) is 2.18. The Kier molecular flexibility index (Phi) is 6.24. The number of nitrogens with one attached hydrogen (secondary N) is 1. The predicted octanol–water partition coefficient (Wildman–Crippen LogP) is 1.15. The molecule has 4 nitrogen and oxygen atoms in total. The highest BCUT2D eigenvalue weighted by molar-refractivity contribution is 6.31. The molecule has 0 saturated heterocycles. The fourth-order valence-corrected chi connectivity index (χ4v) is 1.16. The van der Waals surface area contributed by atoms with Crippen LogP contribution in [0.2, 0.25) is 5.02 Å². The van der Waals surface area contributed by atoms with Crippen molar-refractivity contribution in [1.29, 1.82) is 0 Å². The first-order chi connectivity index (χ1) is 6.66. The van der Waals surface area contributed by atoms with Crippen molar-refractivity contribution in [3.63, 3.8) is 0 Å². The first-order valence-corrected chi connectivity index (χ1v) is 4.64. The molecular formula is C9H13Cl2N3O. The minimum absolute atomic E-state index is 0. The van der Waals surface area contributed by atoms with Gasteiger partial charge in [-0.05, 0) is 18.6 Å². The highest BCUT2D eigenvalue weighted by atomic mass is 35.5. The Balaban J connectivity index is 0.00000196. The number of halogens is 2. The van der Waals surface area contributed by atoms with E-state index in [-0.39, 0.29) is 18.3 Å². The summed E-state index contributed by atoms with van der Waals surface area (Å²) in [6, 6.07) is 1.65. The van der Waals surface area contributed by atoms with Crippen molar-refractivity contribution in [3.05, 3.63) is 28.5 Å². The van der Waals surface area contributed by atoms with Gasteiger partial charge in [-0.1, -0.05) is 11.6 Å². The number of aromatic nitrogens is 1. The van der Waals surface area contributed by atoms with Gasteiger partial charge in [0.15, 0.2) is 0 Å². The summed E-state index contributed by atoms with van der Waals surface area (Å²) in [6.45, 7) is 2.60. The lowest BCUT2D eigenvalue weighted by atomic mass is 10.2. The van der Waals surface area contributed by atoms with Gasteiger partial charge in [0, 0.05) is 24.3 Å². The molecule has 0 fully saturated rings. The van der Waals surface area contributed by atoms with Gasteiger partial charge in [0.25, 0.3) is 5.91 Å². The number of rotatable bonds is 3. The molecule has 0 atom stereocenters. The van der Waals surface area contributed by atoms with Crippen LogP contribution < -0.4 is 11.1 Å². The molecule has 0 aromatic carbocycles. The van der Waals surface area contributed by atoms with Gasteiger partial charge in [-0.25, -0.2) is 0 Å². The molecule has 0 unspecified atom stereocenters. The van der Waals surface area contributed by atoms with E-state index < -0.39 is 0 Å². The van der Waals surface area contributed by atoms with Crippen molar-refractivity contribution >= 4 is 29.9 Å². The van der Waals surface area contributed by atoms with Crippen LogP contribution in [0, 0.1) is 6.92 Å². The van der Waals surface area contributed by atoms with Crippen molar-refractivity contribution in [3.8, 4) is 0 Å². The van der Waals surface area contributed by atoms with E-state index in [9.17, 15) is 4.79 Å². The van der Waals surface area contributed by atoms with Crippen molar-refractivity contribution in [1.82, 2.24) is 10.3 Å². The van der Waals surface area contributed by atoms with Gasteiger partial charge in [-0.15, -0.1) is 12.4 Å². The molecule has 0 radical (unpaired) electrons. The summed E-state index contributed by atoms with van der Waals surface area (Å²) >= 11 is 5.85. The molecular weight excluding hydrogens is 237 g/mol. The molecule has 6 heteroatoms. The first kappa shape index (κ1) is 14.2. The number of nitrogens with zero attached hydrogens (tertiary/aromatic N) is 1. The highest BCUT2D eigenvalue weighted by Gasteiger charge is 2.11. The Morgan fingerprint density at radius 1 is 1.67 bits per heavy atom. The summed E-state index contributed by atoms with van der Waals surface area (Å²) in [5.74, 6) is -0.240. The molecule has 0 aliphatic heterocycles. The van der Waals surface area contributed by atoms with Gasteiger partial charge in [-0.3, -0.25) is 9.78 Å². The van der Waals surface area contributed by atoms with Crippen molar-refractivity contribution < 1.29 is 4.79 Å². The zero-order chi connectivity index (χ0) is 10.6. The van der Waals surface area contributed by atoms with Gasteiger partial charge in [0.1, 0.15) is 5.69 Å². The SMILES string of the molecule is Cc1c(Cl)ccnc1C(=O)NCCN.Cl. The van der Waals surface area contributed by atoms with E-state index in [1.165, 1.54) is 6.20 Å². The van der Waals surface area contributed by atoms with E-state index in [0.717, 1.165) is 0 Å². The van der Waals surface area contributed by atoms with Gasteiger partial charge < -0.3 is 11.1 Å². The second kappa shape index (κ2) is 6.61. The lowest BCUT2D eigenvalue weighted by Gasteiger charge is -2.06. The minimum atomic E-state index is -0.240. The third kappa shape index (κ3) is 3.66. The van der Waals surface area contributed by atoms with Gasteiger partial charge in [-0.2, -0.15) is 0 Å². The Hall–Kier alpha value is -0.840. The summed E-state index contributed by atoms with van der Waals surface area (Å²) < 4.78 is 0. The predicted molar refractivity (Wildman–Crippen MR) is 62.6 cm³/mol. The molecule has 1 heterocycles. The summed E-state index contributed by atoms with van der Waals surface area (Å²) in [5.41, 5.74) is 6.30. The molecule has 0 bridgehead atoms. The van der Waals surface area contributed by atoms with Gasteiger partial charge >= 0.3 is 0 Å². The van der Waals surface area contributed by atoms with Crippen LogP contribution in [0.15, 0.2) is 12.3 Å². The fourth-order valence-electron chi connectivity index (χ4n) is 1.01. The van der Waals surface area contributed by atoms with Crippen molar-refractivity contribution in [2.24, 2.45) is 5.73 Å². The molecule has 15 heavy (non-hydrogen) atoms. The largest absolute Gasteiger partial charge is 0.349 e. The molecule has 1 amide bonds. The molecule has 0 spiro atoms. The van der Waals surface area contributed by atoms with Crippen LogP contribution in [0.1, 0.15) is 16.1 Å². The van der Waals surface area contributed by atoms with E-state index in [1.807, 2.05) is 0 Å². The lowest BCUT2D eigenvalue weighted by molar-refractivity contribution is 0.0949. The van der Waals surface area contributed by atoms with Crippen LogP contribution in [0.5, 0.6) is 0 Å². The normalized spacial score (nSPS) is 9.27. The standard InChI is InChI=1S/C9H12ClN3O.ClH/c1-6-7(10)2-4-12-8(6)9(14)13-5-3-11;/h2,4H,3,5,11H2,1H3,(H,13,14);1H. The van der Waals surface area contributed by atoms with Crippen LogP contribution in [0.3, 0.4) is 0 Å². The van der Waals surface area contributed by atoms with E-state index in [4.69, 9.17) is 17.3 Å². The van der Waals surface area contributed by atoms with Crippen molar-refractivity contribution in [2.75, 3.05) is 13.1 Å². The molecule has 1 rings (SSSR count). The maximum absolute atomic E-state index is 11.5. The number of nitrogens with two attached hydrogens (primary N) is 1. The molecule has 0 aliphatic carbocycles. The van der Waals surface area contributed by atoms with E-state index in [1.54, 1.807) is 13.0 Å². The Labute approximate surface area is 99.6 Å². The van der Waals surface area contributed by atoms with Crippen LogP contribution >= 0.6 is 24.0 Å². The van der Waals surface area contributed by atoms with Crippen LogP contribution in [0.25, 0.3) is 0 Å². The second-order valence-electron chi connectivity index (χ2n) is 2.81. The Bertz CT molecular complexity index is 344. The number of pyridine rings is 1. The monoisotopic (exact) mass is 249 g/mol. The number of carbonyl (C=O) groups is 1. The quantitative estimate of drug-likeness (QED) is 0.845. The fraction of sp³-hybridized carbons (Fsp3) is 0.333. The smallest absolute Gasteiger partial charge is 0.270 e. The van der Waals surface area contributed by atoms with E-state index in [2.05, 4.69) is 10.3 Å². The van der Waals surface area contributed by atoms with E-state index >= 15 is 0 Å². The van der Waals surface area contributed by atoms with Crippen LogP contribution in [0.4, 0.5) is 0 Å². The number of hydrogen-bond donors (Lipinski definition) is 2. The Morgan fingerprint density at radius 3 is 2.93 bits per heavy atom. The maximum atomic E-state index is 11.5. The molecule has 1 aromatic heterocycles. The van der Waals surface area contributed by atoms with Crippen molar-refractivity contribution in [2.45, 2.75) is 6.92 Å². The Morgan fingerprint density at radius 2 is 2.33 bits per heavy atom. The highest BCUT2D eigenvalue weighted by Crippen LogP contribution is 2.16. The third-order valence-corrected chi connectivity index (χ3v) is 2.19. The molecule has 3 N–H and O–H groups in total. The van der Waals surface area contributed by atoms with Crippen LogP contribution in [-0.4, -0.2) is 24.0 Å². The summed E-state index contributed by atoms with van der Waals surface area (Å²) in [7, 11) is 0. The molecule has 0 aliphatic rings. The second-order valence-corrected chi connectivity index (χ2v) is 3.22. The molecule has 1 aromatic rings. The zero-order valence-corrected chi connectivity index (χ0v) is 9.86. The zero-order valence-electron chi connectivity index (χ0n) is 8.29. The summed E-state index contributed by atoms with van der Waals surface area (Å²) in [4.78, 5) is 15.4. The summed E-state index contributed by atoms with van der Waals surface area (Å²) in [6.07, 6.45) is 1.51. The number of hydrogen-bond acceptors (Lipinski definition) is 3. The summed E-state index contributed by atoms with van der Waals surface area (Å²) in [5, 5.41) is 3.17. The topological polar surface area (TPSA) is 68.0 Å². The number of amides is 1.